The van der Waals surface area contributed by atoms with Crippen LogP contribution in [0.4, 0.5) is 4.79 Å². The fourth-order valence-electron chi connectivity index (χ4n) is 2.66. The van der Waals surface area contributed by atoms with Crippen molar-refractivity contribution in [3.8, 4) is 11.8 Å². The molecule has 2 aromatic rings. The molecule has 0 bridgehead atoms. The molecular formula is C20H12I2N2O5S. The topological polar surface area (TPSA) is 108 Å². The molecule has 0 aromatic heterocycles. The Morgan fingerprint density at radius 2 is 2.00 bits per heavy atom. The number of hydrogen-bond donors (Lipinski definition) is 1. The number of carbonyl (C=O) groups is 3. The maximum atomic E-state index is 12.5. The molecule has 0 aliphatic carbocycles. The monoisotopic (exact) mass is 646 g/mol. The molecule has 2 amide bonds. The van der Waals surface area contributed by atoms with Gasteiger partial charge in [-0.2, -0.15) is 5.26 Å². The summed E-state index contributed by atoms with van der Waals surface area (Å²) in [4.78, 5) is 36.2. The predicted molar refractivity (Wildman–Crippen MR) is 128 cm³/mol. The Kier molecular flexibility index (Phi) is 7.37. The zero-order valence-electron chi connectivity index (χ0n) is 15.1. The van der Waals surface area contributed by atoms with E-state index in [4.69, 9.17) is 9.84 Å². The normalized spacial score (nSPS) is 14.8. The van der Waals surface area contributed by atoms with E-state index in [1.165, 1.54) is 6.08 Å². The summed E-state index contributed by atoms with van der Waals surface area (Å²) in [5.41, 5.74) is 1.82. The molecule has 1 aliphatic heterocycles. The fraction of sp³-hybridized carbons (Fsp3) is 0.100. The van der Waals surface area contributed by atoms with E-state index in [9.17, 15) is 19.6 Å². The maximum absolute atomic E-state index is 12.5. The first-order valence-corrected chi connectivity index (χ1v) is 11.3. The van der Waals surface area contributed by atoms with E-state index in [1.807, 2.05) is 12.1 Å². The highest BCUT2D eigenvalue weighted by Crippen LogP contribution is 2.36. The van der Waals surface area contributed by atoms with Crippen LogP contribution in [0.1, 0.15) is 16.7 Å². The number of carboxylic acid groups (broad SMARTS) is 1. The summed E-state index contributed by atoms with van der Waals surface area (Å²) >= 11 is 4.94. The molecule has 30 heavy (non-hydrogen) atoms. The van der Waals surface area contributed by atoms with Crippen LogP contribution in [-0.2, 0) is 16.2 Å². The summed E-state index contributed by atoms with van der Waals surface area (Å²) in [6.45, 7) is -0.526. The lowest BCUT2D eigenvalue weighted by atomic mass is 10.1. The van der Waals surface area contributed by atoms with E-state index < -0.39 is 23.7 Å². The smallest absolute Gasteiger partial charge is 0.323 e. The van der Waals surface area contributed by atoms with Crippen molar-refractivity contribution in [2.45, 2.75) is 6.61 Å². The molecule has 0 saturated carbocycles. The maximum Gasteiger partial charge on any atom is 0.323 e. The van der Waals surface area contributed by atoms with Crippen LogP contribution in [0.15, 0.2) is 41.3 Å². The summed E-state index contributed by atoms with van der Waals surface area (Å²) in [7, 11) is 0. The highest BCUT2D eigenvalue weighted by Gasteiger charge is 2.36. The van der Waals surface area contributed by atoms with E-state index in [0.717, 1.165) is 12.7 Å². The highest BCUT2D eigenvalue weighted by atomic mass is 127. The van der Waals surface area contributed by atoms with Crippen LogP contribution >= 0.6 is 56.9 Å². The number of carbonyl (C=O) groups excluding carboxylic acids is 2. The van der Waals surface area contributed by atoms with Gasteiger partial charge in [0.05, 0.1) is 20.1 Å². The Balaban J connectivity index is 1.93. The minimum Gasteiger partial charge on any atom is -0.487 e. The van der Waals surface area contributed by atoms with E-state index in [1.54, 1.807) is 24.3 Å². The van der Waals surface area contributed by atoms with E-state index in [0.29, 0.717) is 33.5 Å². The Labute approximate surface area is 203 Å². The van der Waals surface area contributed by atoms with Crippen LogP contribution in [-0.4, -0.2) is 33.7 Å². The minimum absolute atomic E-state index is 0.126. The first-order valence-electron chi connectivity index (χ1n) is 8.37. The molecule has 0 spiro atoms. The van der Waals surface area contributed by atoms with Gasteiger partial charge in [-0.05, 0) is 81.2 Å². The largest absolute Gasteiger partial charge is 0.487 e. The number of carboxylic acids is 1. The number of amides is 2. The van der Waals surface area contributed by atoms with E-state index in [-0.39, 0.29) is 11.5 Å². The number of thioether (sulfide) groups is 1. The number of aliphatic carboxylic acids is 1. The number of ether oxygens (including phenoxy) is 1. The van der Waals surface area contributed by atoms with Gasteiger partial charge in [0.25, 0.3) is 11.1 Å². The number of nitriles is 1. The Morgan fingerprint density at radius 1 is 1.27 bits per heavy atom. The van der Waals surface area contributed by atoms with Gasteiger partial charge in [0.15, 0.2) is 0 Å². The lowest BCUT2D eigenvalue weighted by Gasteiger charge is -2.13. The highest BCUT2D eigenvalue weighted by molar-refractivity contribution is 14.1. The van der Waals surface area contributed by atoms with Gasteiger partial charge in [-0.25, -0.2) is 0 Å². The SMILES string of the molecule is N#Cc1ccccc1COc1c(I)cc(I)cc1/C=C1/SC(=O)N(CC(=O)O)C1=O. The molecule has 7 nitrogen and oxygen atoms in total. The number of nitrogens with zero attached hydrogens (tertiary/aromatic N) is 2. The summed E-state index contributed by atoms with van der Waals surface area (Å²) in [6.07, 6.45) is 1.53. The summed E-state index contributed by atoms with van der Waals surface area (Å²) in [5.74, 6) is -1.40. The molecular weight excluding hydrogens is 634 g/mol. The van der Waals surface area contributed by atoms with Crippen LogP contribution in [0.3, 0.4) is 0 Å². The van der Waals surface area contributed by atoms with Crippen molar-refractivity contribution in [1.82, 2.24) is 4.90 Å². The molecule has 152 valence electrons. The molecule has 0 atom stereocenters. The standard InChI is InChI=1S/C20H12I2N2O5S/c21-14-5-13(6-16-19(27)24(9-17(25)26)20(28)30-16)18(15(22)7-14)29-10-12-4-2-1-3-11(12)8-23/h1-7H,9-10H2,(H,25,26)/b16-6+. The van der Waals surface area contributed by atoms with Gasteiger partial charge in [0.2, 0.25) is 0 Å². The van der Waals surface area contributed by atoms with Crippen molar-refractivity contribution < 1.29 is 24.2 Å². The van der Waals surface area contributed by atoms with Crippen LogP contribution in [0.2, 0.25) is 0 Å². The summed E-state index contributed by atoms with van der Waals surface area (Å²) < 4.78 is 7.69. The lowest BCUT2D eigenvalue weighted by molar-refractivity contribution is -0.140. The van der Waals surface area contributed by atoms with Crippen LogP contribution in [0, 0.1) is 18.5 Å². The van der Waals surface area contributed by atoms with Crippen LogP contribution < -0.4 is 4.74 Å². The molecule has 0 unspecified atom stereocenters. The second-order valence-electron chi connectivity index (χ2n) is 6.03. The third-order valence-corrected chi connectivity index (χ3v) is 6.33. The molecule has 1 heterocycles. The number of benzene rings is 2. The summed E-state index contributed by atoms with van der Waals surface area (Å²) in [5, 5.41) is 17.5. The van der Waals surface area contributed by atoms with Gasteiger partial charge in [0.1, 0.15) is 18.9 Å². The Bertz CT molecular complexity index is 1130. The predicted octanol–water partition coefficient (Wildman–Crippen LogP) is 4.47. The molecule has 10 heteroatoms. The number of imide groups is 1. The molecule has 0 radical (unpaired) electrons. The molecule has 1 N–H and O–H groups in total. The van der Waals surface area contributed by atoms with Gasteiger partial charge in [0, 0.05) is 14.7 Å². The number of hydrogen-bond acceptors (Lipinski definition) is 6. The second kappa shape index (κ2) is 9.80. The van der Waals surface area contributed by atoms with Gasteiger partial charge in [-0.1, -0.05) is 18.2 Å². The molecule has 1 fully saturated rings. The van der Waals surface area contributed by atoms with Crippen molar-refractivity contribution in [1.29, 1.82) is 5.26 Å². The van der Waals surface area contributed by atoms with Crippen molar-refractivity contribution in [3.63, 3.8) is 0 Å². The Hall–Kier alpha value is -2.11. The first-order chi connectivity index (χ1) is 14.3. The third-order valence-electron chi connectivity index (χ3n) is 4.00. The van der Waals surface area contributed by atoms with Gasteiger partial charge in [-0.15, -0.1) is 0 Å². The van der Waals surface area contributed by atoms with Crippen LogP contribution in [0.5, 0.6) is 5.75 Å². The average molecular weight is 646 g/mol. The van der Waals surface area contributed by atoms with E-state index in [2.05, 4.69) is 51.3 Å². The van der Waals surface area contributed by atoms with Gasteiger partial charge < -0.3 is 9.84 Å². The van der Waals surface area contributed by atoms with Crippen molar-refractivity contribution in [2.75, 3.05) is 6.54 Å². The zero-order valence-corrected chi connectivity index (χ0v) is 20.2. The van der Waals surface area contributed by atoms with Crippen molar-refractivity contribution in [2.24, 2.45) is 0 Å². The van der Waals surface area contributed by atoms with Crippen molar-refractivity contribution in [3.05, 3.63) is 65.1 Å². The third kappa shape index (κ3) is 5.13. The molecule has 3 rings (SSSR count). The van der Waals surface area contributed by atoms with Gasteiger partial charge in [-0.3, -0.25) is 19.3 Å². The van der Waals surface area contributed by atoms with E-state index >= 15 is 0 Å². The zero-order chi connectivity index (χ0) is 21.8. The fourth-order valence-corrected chi connectivity index (χ4v) is 5.53. The first kappa shape index (κ1) is 22.6. The molecule has 1 saturated heterocycles. The molecule has 1 aliphatic rings. The minimum atomic E-state index is -1.26. The number of halogens is 2. The van der Waals surface area contributed by atoms with Crippen LogP contribution in [0.25, 0.3) is 6.08 Å². The van der Waals surface area contributed by atoms with Gasteiger partial charge >= 0.3 is 5.97 Å². The summed E-state index contributed by atoms with van der Waals surface area (Å²) in [6, 6.07) is 12.9. The molecule has 2 aromatic carbocycles. The second-order valence-corrected chi connectivity index (χ2v) is 9.43. The lowest BCUT2D eigenvalue weighted by Crippen LogP contribution is -2.33. The van der Waals surface area contributed by atoms with Crippen molar-refractivity contribution >= 4 is 80.1 Å². The Morgan fingerprint density at radius 3 is 2.70 bits per heavy atom. The number of rotatable bonds is 6. The quantitative estimate of drug-likeness (QED) is 0.365. The average Bonchev–Trinajstić information content (AvgIpc) is 2.94.